The maximum absolute atomic E-state index is 13.1. The molecule has 0 bridgehead atoms. The highest BCUT2D eigenvalue weighted by molar-refractivity contribution is 7.99. The van der Waals surface area contributed by atoms with Crippen LogP contribution in [0.25, 0.3) is 0 Å². The molecule has 1 amide bonds. The van der Waals surface area contributed by atoms with Crippen LogP contribution in [0.3, 0.4) is 0 Å². The normalized spacial score (nSPS) is 11.8. The zero-order valence-electron chi connectivity index (χ0n) is 14.2. The number of aromatic nitrogens is 2. The average Bonchev–Trinajstić information content (AvgIpc) is 3.11. The van der Waals surface area contributed by atoms with Gasteiger partial charge in [0, 0.05) is 5.69 Å². The zero-order chi connectivity index (χ0) is 19.2. The van der Waals surface area contributed by atoms with Gasteiger partial charge in [-0.2, -0.15) is 0 Å². The molecule has 0 saturated carbocycles. The Bertz CT molecular complexity index is 918. The summed E-state index contributed by atoms with van der Waals surface area (Å²) in [6, 6.07) is 11.2. The van der Waals surface area contributed by atoms with E-state index in [0.29, 0.717) is 11.4 Å². The van der Waals surface area contributed by atoms with Gasteiger partial charge >= 0.3 is 0 Å². The first-order valence-corrected chi connectivity index (χ1v) is 8.92. The fourth-order valence-electron chi connectivity index (χ4n) is 2.10. The van der Waals surface area contributed by atoms with Crippen molar-refractivity contribution in [3.63, 3.8) is 0 Å². The number of hydrogen-bond acceptors (Lipinski definition) is 6. The van der Waals surface area contributed by atoms with Gasteiger partial charge in [0.25, 0.3) is 11.1 Å². The number of amides is 1. The monoisotopic (exact) mass is 391 g/mol. The minimum atomic E-state index is -0.543. The molecule has 1 heterocycles. The molecule has 0 aliphatic carbocycles. The Morgan fingerprint density at radius 3 is 2.70 bits per heavy atom. The van der Waals surface area contributed by atoms with Crippen molar-refractivity contribution < 1.29 is 22.7 Å². The number of carbonyl (C=O) groups excluding carboxylic acids is 1. The van der Waals surface area contributed by atoms with Crippen molar-refractivity contribution in [3.05, 3.63) is 66.1 Å². The molecule has 1 N–H and O–H groups in total. The van der Waals surface area contributed by atoms with Gasteiger partial charge < -0.3 is 14.5 Å². The van der Waals surface area contributed by atoms with Gasteiger partial charge in [0.1, 0.15) is 17.4 Å². The van der Waals surface area contributed by atoms with E-state index in [9.17, 15) is 13.6 Å². The number of hydrogen-bond donors (Lipinski definition) is 1. The van der Waals surface area contributed by atoms with Gasteiger partial charge in [-0.05, 0) is 49.4 Å². The summed E-state index contributed by atoms with van der Waals surface area (Å²) in [5.41, 5.74) is 0.369. The Hall–Kier alpha value is -2.94. The first-order valence-electron chi connectivity index (χ1n) is 7.93. The molecular formula is C18H15F2N3O3S. The molecule has 0 spiro atoms. The zero-order valence-corrected chi connectivity index (χ0v) is 15.0. The first kappa shape index (κ1) is 18.8. The molecule has 3 aromatic rings. The fourth-order valence-corrected chi connectivity index (χ4v) is 2.67. The highest BCUT2D eigenvalue weighted by atomic mass is 32.2. The summed E-state index contributed by atoms with van der Waals surface area (Å²) in [6.07, 6.45) is -0.543. The van der Waals surface area contributed by atoms with Crippen molar-refractivity contribution in [1.29, 1.82) is 0 Å². The maximum atomic E-state index is 13.1. The van der Waals surface area contributed by atoms with Crippen LogP contribution in [0.2, 0.25) is 0 Å². The summed E-state index contributed by atoms with van der Waals surface area (Å²) in [6.45, 7) is 1.71. The smallest absolute Gasteiger partial charge is 0.277 e. The third-order valence-corrected chi connectivity index (χ3v) is 4.15. The molecule has 6 nitrogen and oxygen atoms in total. The van der Waals surface area contributed by atoms with Gasteiger partial charge in [-0.25, -0.2) is 8.78 Å². The van der Waals surface area contributed by atoms with E-state index < -0.39 is 11.9 Å². The lowest BCUT2D eigenvalue weighted by Gasteiger charge is -2.10. The number of nitrogens with zero attached hydrogens (tertiary/aromatic N) is 2. The van der Waals surface area contributed by atoms with Crippen molar-refractivity contribution in [3.8, 4) is 5.75 Å². The second kappa shape index (κ2) is 8.63. The van der Waals surface area contributed by atoms with Crippen molar-refractivity contribution in [2.75, 3.05) is 11.1 Å². The van der Waals surface area contributed by atoms with Gasteiger partial charge in [-0.3, -0.25) is 4.79 Å². The quantitative estimate of drug-likeness (QED) is 0.608. The number of carbonyl (C=O) groups is 1. The van der Waals surface area contributed by atoms with Gasteiger partial charge in [-0.1, -0.05) is 17.8 Å². The lowest BCUT2D eigenvalue weighted by Crippen LogP contribution is -2.14. The summed E-state index contributed by atoms with van der Waals surface area (Å²) in [5.74, 6) is -0.412. The molecule has 1 atom stereocenters. The number of halogens is 2. The Morgan fingerprint density at radius 2 is 1.96 bits per heavy atom. The van der Waals surface area contributed by atoms with E-state index in [2.05, 4.69) is 15.5 Å². The first-order chi connectivity index (χ1) is 13.0. The molecule has 0 saturated heterocycles. The summed E-state index contributed by atoms with van der Waals surface area (Å²) >= 11 is 1.05. The van der Waals surface area contributed by atoms with Gasteiger partial charge in [0.15, 0.2) is 6.10 Å². The second-order valence-corrected chi connectivity index (χ2v) is 6.39. The highest BCUT2D eigenvalue weighted by Gasteiger charge is 2.17. The van der Waals surface area contributed by atoms with E-state index >= 15 is 0 Å². The van der Waals surface area contributed by atoms with Crippen LogP contribution in [0.4, 0.5) is 14.5 Å². The molecule has 9 heteroatoms. The van der Waals surface area contributed by atoms with Crippen molar-refractivity contribution in [2.24, 2.45) is 0 Å². The molecule has 0 aliphatic heterocycles. The standard InChI is InChI=1S/C18H15F2N3O3S/c1-11(25-15-7-5-12(19)6-8-15)17-22-23-18(26-17)27-10-16(24)21-14-4-2-3-13(20)9-14/h2-9,11H,10H2,1H3,(H,21,24)/t11-/m0/s1. The molecule has 1 aromatic heterocycles. The highest BCUT2D eigenvalue weighted by Crippen LogP contribution is 2.24. The Labute approximate surface area is 157 Å². The SMILES string of the molecule is C[C@H](Oc1ccc(F)cc1)c1nnc(SCC(=O)Nc2cccc(F)c2)o1. The van der Waals surface area contributed by atoms with E-state index in [-0.39, 0.29) is 28.6 Å². The van der Waals surface area contributed by atoms with E-state index in [4.69, 9.17) is 9.15 Å². The number of nitrogens with one attached hydrogen (secondary N) is 1. The van der Waals surface area contributed by atoms with Crippen LogP contribution >= 0.6 is 11.8 Å². The summed E-state index contributed by atoms with van der Waals surface area (Å²) in [5, 5.41) is 10.5. The summed E-state index contributed by atoms with van der Waals surface area (Å²) in [7, 11) is 0. The van der Waals surface area contributed by atoms with E-state index in [1.807, 2.05) is 0 Å². The predicted octanol–water partition coefficient (Wildman–Crippen LogP) is 4.22. The number of thioether (sulfide) groups is 1. The number of ether oxygens (including phenoxy) is 1. The summed E-state index contributed by atoms with van der Waals surface area (Å²) < 4.78 is 37.1. The van der Waals surface area contributed by atoms with E-state index in [1.165, 1.54) is 42.5 Å². The largest absolute Gasteiger partial charge is 0.481 e. The molecule has 0 unspecified atom stereocenters. The maximum Gasteiger partial charge on any atom is 0.277 e. The Balaban J connectivity index is 1.51. The molecule has 27 heavy (non-hydrogen) atoms. The van der Waals surface area contributed by atoms with Crippen LogP contribution in [0.1, 0.15) is 18.9 Å². The lowest BCUT2D eigenvalue weighted by atomic mass is 10.3. The number of rotatable bonds is 7. The molecule has 0 radical (unpaired) electrons. The third kappa shape index (κ3) is 5.52. The molecule has 0 fully saturated rings. The molecule has 2 aromatic carbocycles. The van der Waals surface area contributed by atoms with Crippen molar-refractivity contribution >= 4 is 23.4 Å². The van der Waals surface area contributed by atoms with Gasteiger partial charge in [0.05, 0.1) is 5.75 Å². The predicted molar refractivity (Wildman–Crippen MR) is 95.5 cm³/mol. The fraction of sp³-hybridized carbons (Fsp3) is 0.167. The molecular weight excluding hydrogens is 376 g/mol. The number of anilines is 1. The minimum absolute atomic E-state index is 0.0192. The number of benzene rings is 2. The van der Waals surface area contributed by atoms with E-state index in [0.717, 1.165) is 11.8 Å². The molecule has 0 aliphatic rings. The lowest BCUT2D eigenvalue weighted by molar-refractivity contribution is -0.113. The van der Waals surface area contributed by atoms with Crippen LogP contribution in [0.5, 0.6) is 5.75 Å². The van der Waals surface area contributed by atoms with Crippen LogP contribution in [-0.4, -0.2) is 21.9 Å². The van der Waals surface area contributed by atoms with Crippen LogP contribution in [-0.2, 0) is 4.79 Å². The Morgan fingerprint density at radius 1 is 1.19 bits per heavy atom. The molecule has 3 rings (SSSR count). The molecule has 140 valence electrons. The van der Waals surface area contributed by atoms with Crippen molar-refractivity contribution in [2.45, 2.75) is 18.3 Å². The second-order valence-electron chi connectivity index (χ2n) is 5.47. The average molecular weight is 391 g/mol. The van der Waals surface area contributed by atoms with Crippen LogP contribution in [0.15, 0.2) is 58.2 Å². The van der Waals surface area contributed by atoms with E-state index in [1.54, 1.807) is 13.0 Å². The van der Waals surface area contributed by atoms with Crippen LogP contribution in [0, 0.1) is 11.6 Å². The topological polar surface area (TPSA) is 77.2 Å². The van der Waals surface area contributed by atoms with Crippen LogP contribution < -0.4 is 10.1 Å². The van der Waals surface area contributed by atoms with Gasteiger partial charge in [0.2, 0.25) is 5.91 Å². The van der Waals surface area contributed by atoms with Gasteiger partial charge in [-0.15, -0.1) is 10.2 Å². The van der Waals surface area contributed by atoms with Crippen molar-refractivity contribution in [1.82, 2.24) is 10.2 Å². The third-order valence-electron chi connectivity index (χ3n) is 3.33. The minimum Gasteiger partial charge on any atom is -0.481 e. The summed E-state index contributed by atoms with van der Waals surface area (Å²) in [4.78, 5) is 11.9. The Kier molecular flexibility index (Phi) is 6.02.